The van der Waals surface area contributed by atoms with Gasteiger partial charge in [-0.05, 0) is 31.9 Å². The van der Waals surface area contributed by atoms with E-state index in [9.17, 15) is 4.79 Å². The summed E-state index contributed by atoms with van der Waals surface area (Å²) >= 11 is 0. The second-order valence-electron chi connectivity index (χ2n) is 5.03. The van der Waals surface area contributed by atoms with Gasteiger partial charge in [0.25, 0.3) is 0 Å². The Labute approximate surface area is 106 Å². The quantitative estimate of drug-likeness (QED) is 0.823. The Balaban J connectivity index is 1.98. The first kappa shape index (κ1) is 11.5. The molecule has 1 aromatic heterocycles. The summed E-state index contributed by atoms with van der Waals surface area (Å²) in [7, 11) is 0. The first-order valence-electron chi connectivity index (χ1n) is 6.45. The van der Waals surface area contributed by atoms with Gasteiger partial charge in [0.05, 0.1) is 6.61 Å². The lowest BCUT2D eigenvalue weighted by atomic mass is 9.92. The molecule has 0 saturated carbocycles. The third kappa shape index (κ3) is 1.95. The number of hydrogen-bond acceptors (Lipinski definition) is 2. The van der Waals surface area contributed by atoms with Crippen molar-refractivity contribution < 1.29 is 9.53 Å². The van der Waals surface area contributed by atoms with E-state index >= 15 is 0 Å². The number of aromatic amines is 1. The third-order valence-electron chi connectivity index (χ3n) is 3.63. The Kier molecular flexibility index (Phi) is 2.92. The molecule has 0 radical (unpaired) electrons. The van der Waals surface area contributed by atoms with Crippen molar-refractivity contribution in [3.8, 4) is 0 Å². The molecule has 1 fully saturated rings. The Morgan fingerprint density at radius 2 is 2.33 bits per heavy atom. The minimum absolute atomic E-state index is 0.0262. The van der Waals surface area contributed by atoms with Gasteiger partial charge in [0, 0.05) is 35.2 Å². The van der Waals surface area contributed by atoms with Gasteiger partial charge in [-0.15, -0.1) is 0 Å². The van der Waals surface area contributed by atoms with Gasteiger partial charge in [-0.2, -0.15) is 0 Å². The monoisotopic (exact) mass is 243 g/mol. The highest BCUT2D eigenvalue weighted by molar-refractivity contribution is 6.09. The Bertz CT molecular complexity index is 579. The molecule has 94 valence electrons. The molecule has 1 atom stereocenters. The summed E-state index contributed by atoms with van der Waals surface area (Å²) in [4.78, 5) is 15.7. The SMILES string of the molecule is Cc1ccc2[nH]cc(C(=O)C3CCCOC3)c2c1. The zero-order valence-corrected chi connectivity index (χ0v) is 10.5. The molecule has 2 aromatic rings. The number of carbonyl (C=O) groups is 1. The van der Waals surface area contributed by atoms with Gasteiger partial charge in [0.2, 0.25) is 0 Å². The summed E-state index contributed by atoms with van der Waals surface area (Å²) in [5.74, 6) is 0.241. The summed E-state index contributed by atoms with van der Waals surface area (Å²) in [6.07, 6.45) is 3.76. The lowest BCUT2D eigenvalue weighted by Gasteiger charge is -2.20. The molecule has 0 aliphatic carbocycles. The van der Waals surface area contributed by atoms with Gasteiger partial charge in [-0.3, -0.25) is 4.79 Å². The summed E-state index contributed by atoms with van der Waals surface area (Å²) in [6, 6.07) is 6.15. The minimum atomic E-state index is 0.0262. The van der Waals surface area contributed by atoms with Gasteiger partial charge < -0.3 is 9.72 Å². The number of ketones is 1. The predicted molar refractivity (Wildman–Crippen MR) is 70.9 cm³/mol. The van der Waals surface area contributed by atoms with E-state index in [4.69, 9.17) is 4.74 Å². The molecule has 0 amide bonds. The van der Waals surface area contributed by atoms with Gasteiger partial charge in [-0.1, -0.05) is 11.6 Å². The van der Waals surface area contributed by atoms with Crippen LogP contribution in [0.15, 0.2) is 24.4 Å². The molecule has 0 spiro atoms. The van der Waals surface area contributed by atoms with Crippen LogP contribution in [0.4, 0.5) is 0 Å². The van der Waals surface area contributed by atoms with Crippen molar-refractivity contribution in [3.05, 3.63) is 35.5 Å². The molecular weight excluding hydrogens is 226 g/mol. The molecule has 1 N–H and O–H groups in total. The zero-order chi connectivity index (χ0) is 12.5. The fourth-order valence-electron chi connectivity index (χ4n) is 2.61. The minimum Gasteiger partial charge on any atom is -0.381 e. The van der Waals surface area contributed by atoms with E-state index in [2.05, 4.69) is 17.1 Å². The molecule has 3 rings (SSSR count). The standard InChI is InChI=1S/C15H17NO2/c1-10-4-5-14-12(7-10)13(8-16-14)15(17)11-3-2-6-18-9-11/h4-5,7-8,11,16H,2-3,6,9H2,1H3. The average molecular weight is 243 g/mol. The number of benzene rings is 1. The van der Waals surface area contributed by atoms with E-state index < -0.39 is 0 Å². The summed E-state index contributed by atoms with van der Waals surface area (Å²) < 4.78 is 5.41. The van der Waals surface area contributed by atoms with Crippen LogP contribution >= 0.6 is 0 Å². The molecular formula is C15H17NO2. The summed E-state index contributed by atoms with van der Waals surface area (Å²) in [5, 5.41) is 1.03. The van der Waals surface area contributed by atoms with Crippen LogP contribution in [0.3, 0.4) is 0 Å². The van der Waals surface area contributed by atoms with Crippen molar-refractivity contribution >= 4 is 16.7 Å². The van der Waals surface area contributed by atoms with E-state index in [0.29, 0.717) is 6.61 Å². The van der Waals surface area contributed by atoms with Crippen LogP contribution in [0.5, 0.6) is 0 Å². The molecule has 18 heavy (non-hydrogen) atoms. The van der Waals surface area contributed by atoms with Crippen LogP contribution in [-0.4, -0.2) is 24.0 Å². The van der Waals surface area contributed by atoms with Crippen molar-refractivity contribution in [1.29, 1.82) is 0 Å². The number of nitrogens with one attached hydrogen (secondary N) is 1. The van der Waals surface area contributed by atoms with Crippen LogP contribution in [0.25, 0.3) is 10.9 Å². The Hall–Kier alpha value is -1.61. The third-order valence-corrected chi connectivity index (χ3v) is 3.63. The lowest BCUT2D eigenvalue weighted by Crippen LogP contribution is -2.25. The fraction of sp³-hybridized carbons (Fsp3) is 0.400. The average Bonchev–Trinajstić information content (AvgIpc) is 2.82. The molecule has 1 aliphatic heterocycles. The summed E-state index contributed by atoms with van der Waals surface area (Å²) in [6.45, 7) is 3.40. The van der Waals surface area contributed by atoms with E-state index in [1.807, 2.05) is 19.2 Å². The lowest BCUT2D eigenvalue weighted by molar-refractivity contribution is 0.0462. The highest BCUT2D eigenvalue weighted by atomic mass is 16.5. The maximum absolute atomic E-state index is 12.5. The van der Waals surface area contributed by atoms with Crippen LogP contribution in [0.1, 0.15) is 28.8 Å². The van der Waals surface area contributed by atoms with Gasteiger partial charge >= 0.3 is 0 Å². The molecule has 3 nitrogen and oxygen atoms in total. The van der Waals surface area contributed by atoms with E-state index in [1.165, 1.54) is 5.56 Å². The van der Waals surface area contributed by atoms with Gasteiger partial charge in [-0.25, -0.2) is 0 Å². The van der Waals surface area contributed by atoms with E-state index in [-0.39, 0.29) is 11.7 Å². The largest absolute Gasteiger partial charge is 0.381 e. The van der Waals surface area contributed by atoms with Crippen molar-refractivity contribution in [2.45, 2.75) is 19.8 Å². The second kappa shape index (κ2) is 4.58. The maximum Gasteiger partial charge on any atom is 0.170 e. The highest BCUT2D eigenvalue weighted by Gasteiger charge is 2.24. The Morgan fingerprint density at radius 1 is 1.44 bits per heavy atom. The smallest absolute Gasteiger partial charge is 0.170 e. The number of aromatic nitrogens is 1. The normalized spacial score (nSPS) is 20.2. The molecule has 0 bridgehead atoms. The molecule has 3 heteroatoms. The molecule has 1 aliphatic rings. The van der Waals surface area contributed by atoms with Crippen molar-refractivity contribution in [3.63, 3.8) is 0 Å². The summed E-state index contributed by atoms with van der Waals surface area (Å²) in [5.41, 5.74) is 3.01. The highest BCUT2D eigenvalue weighted by Crippen LogP contribution is 2.25. The van der Waals surface area contributed by atoms with Crippen LogP contribution in [-0.2, 0) is 4.74 Å². The molecule has 1 saturated heterocycles. The second-order valence-corrected chi connectivity index (χ2v) is 5.03. The topological polar surface area (TPSA) is 42.1 Å². The number of H-pyrrole nitrogens is 1. The number of Topliss-reactive ketones (excluding diaryl/α,β-unsaturated/α-hetero) is 1. The van der Waals surface area contributed by atoms with Gasteiger partial charge in [0.1, 0.15) is 0 Å². The number of ether oxygens (including phenoxy) is 1. The van der Waals surface area contributed by atoms with Crippen LogP contribution < -0.4 is 0 Å². The number of rotatable bonds is 2. The first-order valence-corrected chi connectivity index (χ1v) is 6.45. The zero-order valence-electron chi connectivity index (χ0n) is 10.5. The molecule has 1 aromatic carbocycles. The van der Waals surface area contributed by atoms with E-state index in [0.717, 1.165) is 35.9 Å². The molecule has 2 heterocycles. The first-order chi connectivity index (χ1) is 8.75. The predicted octanol–water partition coefficient (Wildman–Crippen LogP) is 3.09. The maximum atomic E-state index is 12.5. The van der Waals surface area contributed by atoms with E-state index in [1.54, 1.807) is 0 Å². The van der Waals surface area contributed by atoms with Crippen LogP contribution in [0, 0.1) is 12.8 Å². The number of carbonyl (C=O) groups excluding carboxylic acids is 1. The molecule has 1 unspecified atom stereocenters. The van der Waals surface area contributed by atoms with Gasteiger partial charge in [0.15, 0.2) is 5.78 Å². The number of fused-ring (bicyclic) bond motifs is 1. The number of hydrogen-bond donors (Lipinski definition) is 1. The van der Waals surface area contributed by atoms with Crippen molar-refractivity contribution in [1.82, 2.24) is 4.98 Å². The number of aryl methyl sites for hydroxylation is 1. The fourth-order valence-corrected chi connectivity index (χ4v) is 2.61. The van der Waals surface area contributed by atoms with Crippen molar-refractivity contribution in [2.75, 3.05) is 13.2 Å². The Morgan fingerprint density at radius 3 is 3.11 bits per heavy atom. The van der Waals surface area contributed by atoms with Crippen molar-refractivity contribution in [2.24, 2.45) is 5.92 Å². The van der Waals surface area contributed by atoms with Crippen LogP contribution in [0.2, 0.25) is 0 Å².